The summed E-state index contributed by atoms with van der Waals surface area (Å²) in [5.74, 6) is -0.279. The third-order valence-corrected chi connectivity index (χ3v) is 3.61. The van der Waals surface area contributed by atoms with Crippen molar-refractivity contribution in [2.24, 2.45) is 0 Å². The first-order chi connectivity index (χ1) is 8.95. The van der Waals surface area contributed by atoms with Crippen LogP contribution in [0.5, 0.6) is 0 Å². The molecule has 0 aliphatic heterocycles. The van der Waals surface area contributed by atoms with Crippen LogP contribution in [-0.2, 0) is 9.53 Å². The van der Waals surface area contributed by atoms with E-state index in [9.17, 15) is 9.90 Å². The van der Waals surface area contributed by atoms with Gasteiger partial charge in [0.15, 0.2) is 0 Å². The minimum atomic E-state index is -0.314. The van der Waals surface area contributed by atoms with E-state index < -0.39 is 0 Å². The Labute approximate surface area is 124 Å². The van der Waals surface area contributed by atoms with Crippen molar-refractivity contribution in [2.75, 3.05) is 11.9 Å². The molecule has 0 saturated heterocycles. The summed E-state index contributed by atoms with van der Waals surface area (Å²) in [6.07, 6.45) is 7.16. The van der Waals surface area contributed by atoms with Gasteiger partial charge in [0, 0.05) is 12.3 Å². The number of allylic oxidation sites excluding steroid dienone is 2. The number of alkyl halides is 1. The van der Waals surface area contributed by atoms with Crippen molar-refractivity contribution in [1.29, 1.82) is 0 Å². The van der Waals surface area contributed by atoms with Crippen LogP contribution in [0.4, 0.5) is 0 Å². The lowest BCUT2D eigenvalue weighted by atomic mass is 10.0. The van der Waals surface area contributed by atoms with Gasteiger partial charge in [-0.15, -0.1) is 0 Å². The zero-order valence-corrected chi connectivity index (χ0v) is 13.7. The number of aliphatic hydroxyl groups is 1. The maximum atomic E-state index is 10.6. The molecule has 0 aromatic rings. The van der Waals surface area contributed by atoms with Crippen molar-refractivity contribution >= 4 is 21.9 Å². The highest BCUT2D eigenvalue weighted by molar-refractivity contribution is 9.09. The van der Waals surface area contributed by atoms with Crippen molar-refractivity contribution in [3.8, 4) is 0 Å². The summed E-state index contributed by atoms with van der Waals surface area (Å²) in [6, 6.07) is 0. The number of rotatable bonds is 9. The van der Waals surface area contributed by atoms with Crippen LogP contribution in [0.2, 0.25) is 0 Å². The van der Waals surface area contributed by atoms with Crippen LogP contribution in [0.15, 0.2) is 23.3 Å². The van der Waals surface area contributed by atoms with Gasteiger partial charge in [-0.2, -0.15) is 0 Å². The molecule has 0 aliphatic carbocycles. The van der Waals surface area contributed by atoms with Crippen LogP contribution in [0.3, 0.4) is 0 Å². The van der Waals surface area contributed by atoms with Crippen LogP contribution in [0.1, 0.15) is 46.5 Å². The number of carbonyl (C=O) groups excluding carboxylic acids is 1. The molecule has 1 atom stereocenters. The van der Waals surface area contributed by atoms with E-state index in [1.165, 1.54) is 12.5 Å². The molecule has 0 aliphatic rings. The number of esters is 1. The average Bonchev–Trinajstić information content (AvgIpc) is 2.33. The standard InChI is InChI=1S/C15H25BrO3/c1-12(8-9-19-14(3)17)10-15(18)7-5-4-6-13(2)11-16/h6,8,15,18H,4-5,7,9-11H2,1-3H3/b12-8+,13-6+. The van der Waals surface area contributed by atoms with Gasteiger partial charge in [-0.25, -0.2) is 0 Å². The Morgan fingerprint density at radius 2 is 1.95 bits per heavy atom. The summed E-state index contributed by atoms with van der Waals surface area (Å²) in [7, 11) is 0. The smallest absolute Gasteiger partial charge is 0.302 e. The molecule has 0 radical (unpaired) electrons. The maximum Gasteiger partial charge on any atom is 0.302 e. The molecule has 0 saturated carbocycles. The van der Waals surface area contributed by atoms with Gasteiger partial charge in [0.1, 0.15) is 6.61 Å². The maximum absolute atomic E-state index is 10.6. The first-order valence-corrected chi connectivity index (χ1v) is 7.76. The Morgan fingerprint density at radius 3 is 2.53 bits per heavy atom. The number of ether oxygens (including phenoxy) is 1. The molecule has 0 rings (SSSR count). The van der Waals surface area contributed by atoms with Crippen molar-refractivity contribution in [3.63, 3.8) is 0 Å². The second kappa shape index (κ2) is 11.2. The van der Waals surface area contributed by atoms with E-state index in [1.54, 1.807) is 0 Å². The number of aliphatic hydroxyl groups excluding tert-OH is 1. The largest absolute Gasteiger partial charge is 0.462 e. The number of carbonyl (C=O) groups is 1. The highest BCUT2D eigenvalue weighted by Gasteiger charge is 2.04. The van der Waals surface area contributed by atoms with E-state index in [0.29, 0.717) is 13.0 Å². The summed E-state index contributed by atoms with van der Waals surface area (Å²) in [6.45, 7) is 5.72. The monoisotopic (exact) mass is 332 g/mol. The molecule has 0 bridgehead atoms. The third-order valence-electron chi connectivity index (χ3n) is 2.72. The van der Waals surface area contributed by atoms with Gasteiger partial charge < -0.3 is 9.84 Å². The lowest BCUT2D eigenvalue weighted by Crippen LogP contribution is -2.07. The molecule has 0 aromatic heterocycles. The normalized spacial score (nSPS) is 14.4. The summed E-state index contributed by atoms with van der Waals surface area (Å²) >= 11 is 3.40. The molecule has 0 heterocycles. The quantitative estimate of drug-likeness (QED) is 0.302. The third kappa shape index (κ3) is 12.2. The molecule has 0 aromatic carbocycles. The van der Waals surface area contributed by atoms with Crippen LogP contribution in [0.25, 0.3) is 0 Å². The predicted molar refractivity (Wildman–Crippen MR) is 82.4 cm³/mol. The first kappa shape index (κ1) is 18.4. The zero-order valence-electron chi connectivity index (χ0n) is 12.1. The average molecular weight is 333 g/mol. The molecule has 4 heteroatoms. The summed E-state index contributed by atoms with van der Waals surface area (Å²) in [4.78, 5) is 10.6. The van der Waals surface area contributed by atoms with Crippen LogP contribution < -0.4 is 0 Å². The Morgan fingerprint density at radius 1 is 1.26 bits per heavy atom. The topological polar surface area (TPSA) is 46.5 Å². The minimum absolute atomic E-state index is 0.279. The van der Waals surface area contributed by atoms with Gasteiger partial charge in [-0.05, 0) is 45.6 Å². The highest BCUT2D eigenvalue weighted by Crippen LogP contribution is 2.12. The molecule has 1 unspecified atom stereocenters. The minimum Gasteiger partial charge on any atom is -0.462 e. The van der Waals surface area contributed by atoms with Gasteiger partial charge in [0.25, 0.3) is 0 Å². The fraction of sp³-hybridized carbons (Fsp3) is 0.667. The van der Waals surface area contributed by atoms with Crippen molar-refractivity contribution in [1.82, 2.24) is 0 Å². The van der Waals surface area contributed by atoms with Crippen LogP contribution in [0, 0.1) is 0 Å². The number of hydrogen-bond donors (Lipinski definition) is 1. The molecule has 0 spiro atoms. The molecule has 0 amide bonds. The number of halogens is 1. The number of hydrogen-bond acceptors (Lipinski definition) is 3. The zero-order chi connectivity index (χ0) is 14.7. The number of unbranched alkanes of at least 4 members (excludes halogenated alkanes) is 1. The predicted octanol–water partition coefficient (Wildman–Crippen LogP) is 3.76. The Bertz CT molecular complexity index is 321. The van der Waals surface area contributed by atoms with Crippen LogP contribution in [-0.4, -0.2) is 29.1 Å². The van der Waals surface area contributed by atoms with Gasteiger partial charge >= 0.3 is 5.97 Å². The molecule has 3 nitrogen and oxygen atoms in total. The molecular weight excluding hydrogens is 308 g/mol. The van der Waals surface area contributed by atoms with E-state index in [0.717, 1.165) is 30.2 Å². The molecule has 1 N–H and O–H groups in total. The first-order valence-electron chi connectivity index (χ1n) is 6.64. The lowest BCUT2D eigenvalue weighted by Gasteiger charge is -2.10. The highest BCUT2D eigenvalue weighted by atomic mass is 79.9. The van der Waals surface area contributed by atoms with E-state index >= 15 is 0 Å². The Balaban J connectivity index is 3.78. The van der Waals surface area contributed by atoms with Gasteiger partial charge in [-0.3, -0.25) is 4.79 Å². The van der Waals surface area contributed by atoms with E-state index in [-0.39, 0.29) is 12.1 Å². The van der Waals surface area contributed by atoms with E-state index in [4.69, 9.17) is 4.74 Å². The van der Waals surface area contributed by atoms with Gasteiger partial charge in [0.2, 0.25) is 0 Å². The van der Waals surface area contributed by atoms with Crippen LogP contribution >= 0.6 is 15.9 Å². The van der Waals surface area contributed by atoms with Crippen molar-refractivity contribution < 1.29 is 14.6 Å². The summed E-state index contributed by atoms with van der Waals surface area (Å²) in [5.41, 5.74) is 2.38. The Kier molecular flexibility index (Phi) is 10.9. The second-order valence-electron chi connectivity index (χ2n) is 4.83. The SMILES string of the molecule is CC(=O)OC/C=C(\C)CC(O)CCC/C=C(\C)CBr. The van der Waals surface area contributed by atoms with Gasteiger partial charge in [-0.1, -0.05) is 33.2 Å². The lowest BCUT2D eigenvalue weighted by molar-refractivity contribution is -0.139. The van der Waals surface area contributed by atoms with Crippen molar-refractivity contribution in [2.45, 2.75) is 52.6 Å². The van der Waals surface area contributed by atoms with E-state index in [2.05, 4.69) is 28.9 Å². The van der Waals surface area contributed by atoms with Gasteiger partial charge in [0.05, 0.1) is 6.10 Å². The fourth-order valence-corrected chi connectivity index (χ4v) is 1.84. The molecule has 0 fully saturated rings. The fourth-order valence-electron chi connectivity index (χ4n) is 1.61. The summed E-state index contributed by atoms with van der Waals surface area (Å²) in [5, 5.41) is 10.8. The molecule has 110 valence electrons. The van der Waals surface area contributed by atoms with Crippen molar-refractivity contribution in [3.05, 3.63) is 23.3 Å². The van der Waals surface area contributed by atoms with E-state index in [1.807, 2.05) is 13.0 Å². The summed E-state index contributed by atoms with van der Waals surface area (Å²) < 4.78 is 4.82. The second-order valence-corrected chi connectivity index (χ2v) is 5.39. The molecule has 19 heavy (non-hydrogen) atoms. The Hall–Kier alpha value is -0.610. The molecular formula is C15H25BrO3.